The molecule has 0 radical (unpaired) electrons. The molecule has 0 aliphatic carbocycles. The Morgan fingerprint density at radius 3 is 3.00 bits per heavy atom. The zero-order valence-electron chi connectivity index (χ0n) is 9.12. The molecule has 0 saturated heterocycles. The molecule has 0 aromatic carbocycles. The Balaban J connectivity index is 2.68. The van der Waals surface area contributed by atoms with Crippen LogP contribution in [0, 0.1) is 0 Å². The monoisotopic (exact) mass is 211 g/mol. The van der Waals surface area contributed by atoms with E-state index in [0.717, 1.165) is 18.5 Å². The van der Waals surface area contributed by atoms with Gasteiger partial charge in [-0.1, -0.05) is 6.92 Å². The number of carbonyl (C=O) groups excluding carboxylic acids is 1. The summed E-state index contributed by atoms with van der Waals surface area (Å²) in [6, 6.07) is 1.79. The summed E-state index contributed by atoms with van der Waals surface area (Å²) in [6.07, 6.45) is 2.58. The Labute approximate surface area is 89.2 Å². The third-order valence-electron chi connectivity index (χ3n) is 2.13. The normalized spacial score (nSPS) is 10.7. The first-order valence-corrected chi connectivity index (χ1v) is 4.94. The highest BCUT2D eigenvalue weighted by Gasteiger charge is 2.14. The largest absolute Gasteiger partial charge is 0.459 e. The van der Waals surface area contributed by atoms with E-state index in [1.165, 1.54) is 6.26 Å². The molecule has 15 heavy (non-hydrogen) atoms. The summed E-state index contributed by atoms with van der Waals surface area (Å²) in [5.41, 5.74) is 2.92. The Bertz CT molecular complexity index is 322. The number of furan rings is 1. The first kappa shape index (κ1) is 11.7. The highest BCUT2D eigenvalue weighted by Crippen LogP contribution is 2.12. The highest BCUT2D eigenvalue weighted by molar-refractivity contribution is 5.92. The summed E-state index contributed by atoms with van der Waals surface area (Å²) in [4.78, 5) is 13.4. The van der Waals surface area contributed by atoms with Crippen LogP contribution in [0.25, 0.3) is 0 Å². The van der Waals surface area contributed by atoms with E-state index in [2.05, 4.69) is 17.2 Å². The summed E-state index contributed by atoms with van der Waals surface area (Å²) >= 11 is 0. The second-order valence-corrected chi connectivity index (χ2v) is 3.49. The molecule has 0 bridgehead atoms. The molecule has 0 fully saturated rings. The number of hydrazine groups is 1. The maximum Gasteiger partial charge on any atom is 0.301 e. The molecule has 84 valence electrons. The van der Waals surface area contributed by atoms with Crippen LogP contribution in [0.3, 0.4) is 0 Å². The van der Waals surface area contributed by atoms with Crippen LogP contribution in [0.4, 0.5) is 0 Å². The van der Waals surface area contributed by atoms with Crippen molar-refractivity contribution < 1.29 is 9.21 Å². The van der Waals surface area contributed by atoms with Crippen molar-refractivity contribution >= 4 is 5.91 Å². The fraction of sp³-hybridized carbons (Fsp3) is 0.500. The Kier molecular flexibility index (Phi) is 4.33. The van der Waals surface area contributed by atoms with E-state index in [9.17, 15) is 4.79 Å². The van der Waals surface area contributed by atoms with Gasteiger partial charge in [0.1, 0.15) is 0 Å². The molecule has 0 saturated carbocycles. The molecule has 3 N–H and O–H groups in total. The highest BCUT2D eigenvalue weighted by atomic mass is 16.3. The smallest absolute Gasteiger partial charge is 0.301 e. The summed E-state index contributed by atoms with van der Waals surface area (Å²) < 4.78 is 5.08. The van der Waals surface area contributed by atoms with Crippen LogP contribution >= 0.6 is 0 Å². The number of nitrogens with two attached hydrogens (primary N) is 1. The molecule has 1 heterocycles. The van der Waals surface area contributed by atoms with Crippen LogP contribution in [0.5, 0.6) is 0 Å². The first-order chi connectivity index (χ1) is 7.19. The average Bonchev–Trinajstić information content (AvgIpc) is 2.65. The summed E-state index contributed by atoms with van der Waals surface area (Å²) in [7, 11) is 2.00. The van der Waals surface area contributed by atoms with E-state index in [1.807, 2.05) is 7.05 Å². The standard InChI is InChI=1S/C10H17N3O2/c1-3-5-13(2)7-8-4-6-15-9(8)10(14)12-11/h4,6H,3,5,7,11H2,1-2H3,(H,12,14). The zero-order chi connectivity index (χ0) is 11.3. The quantitative estimate of drug-likeness (QED) is 0.428. The van der Waals surface area contributed by atoms with Crippen molar-refractivity contribution in [2.24, 2.45) is 5.84 Å². The predicted molar refractivity (Wildman–Crippen MR) is 57.0 cm³/mol. The van der Waals surface area contributed by atoms with Crippen LogP contribution in [-0.2, 0) is 6.54 Å². The second-order valence-electron chi connectivity index (χ2n) is 3.49. The number of nitrogens with one attached hydrogen (secondary N) is 1. The van der Waals surface area contributed by atoms with Crippen LogP contribution in [0.2, 0.25) is 0 Å². The fourth-order valence-electron chi connectivity index (χ4n) is 1.48. The third-order valence-corrected chi connectivity index (χ3v) is 2.13. The molecule has 1 aromatic heterocycles. The van der Waals surface area contributed by atoms with Gasteiger partial charge in [0.15, 0.2) is 5.76 Å². The SMILES string of the molecule is CCCN(C)Cc1ccoc1C(=O)NN. The van der Waals surface area contributed by atoms with Gasteiger partial charge in [0.05, 0.1) is 6.26 Å². The van der Waals surface area contributed by atoms with Crippen molar-refractivity contribution in [3.63, 3.8) is 0 Å². The van der Waals surface area contributed by atoms with E-state index in [0.29, 0.717) is 12.3 Å². The van der Waals surface area contributed by atoms with Gasteiger partial charge in [0.2, 0.25) is 0 Å². The molecule has 5 heteroatoms. The minimum atomic E-state index is -0.389. The molecule has 0 spiro atoms. The molecule has 0 aliphatic heterocycles. The van der Waals surface area contributed by atoms with E-state index in [1.54, 1.807) is 6.07 Å². The number of amides is 1. The van der Waals surface area contributed by atoms with E-state index >= 15 is 0 Å². The van der Waals surface area contributed by atoms with Crippen molar-refractivity contribution in [3.05, 3.63) is 23.7 Å². The molecule has 0 unspecified atom stereocenters. The number of carbonyl (C=O) groups is 1. The van der Waals surface area contributed by atoms with Gasteiger partial charge in [-0.3, -0.25) is 10.2 Å². The molecule has 0 aliphatic rings. The van der Waals surface area contributed by atoms with E-state index < -0.39 is 0 Å². The minimum Gasteiger partial charge on any atom is -0.459 e. The minimum absolute atomic E-state index is 0.292. The van der Waals surface area contributed by atoms with Gasteiger partial charge >= 0.3 is 5.91 Å². The third kappa shape index (κ3) is 3.07. The molecular weight excluding hydrogens is 194 g/mol. The van der Waals surface area contributed by atoms with Gasteiger partial charge in [-0.05, 0) is 26.1 Å². The lowest BCUT2D eigenvalue weighted by atomic mass is 10.2. The van der Waals surface area contributed by atoms with Crippen molar-refractivity contribution in [3.8, 4) is 0 Å². The van der Waals surface area contributed by atoms with Gasteiger partial charge in [-0.25, -0.2) is 5.84 Å². The lowest BCUT2D eigenvalue weighted by Gasteiger charge is -2.14. The van der Waals surface area contributed by atoms with Crippen molar-refractivity contribution in [1.29, 1.82) is 0 Å². The number of nitrogen functional groups attached to an aromatic ring is 1. The van der Waals surface area contributed by atoms with Gasteiger partial charge in [-0.2, -0.15) is 0 Å². The van der Waals surface area contributed by atoms with Crippen molar-refractivity contribution in [2.45, 2.75) is 19.9 Å². The molecule has 1 rings (SSSR count). The topological polar surface area (TPSA) is 71.5 Å². The number of rotatable bonds is 5. The molecule has 0 atom stereocenters. The van der Waals surface area contributed by atoms with Gasteiger partial charge < -0.3 is 9.32 Å². The number of hydrogen-bond acceptors (Lipinski definition) is 4. The summed E-state index contributed by atoms with van der Waals surface area (Å²) in [5.74, 6) is 4.95. The van der Waals surface area contributed by atoms with Crippen molar-refractivity contribution in [2.75, 3.05) is 13.6 Å². The number of nitrogens with zero attached hydrogens (tertiary/aromatic N) is 1. The van der Waals surface area contributed by atoms with Crippen LogP contribution in [0.1, 0.15) is 29.5 Å². The van der Waals surface area contributed by atoms with Crippen LogP contribution in [-0.4, -0.2) is 24.4 Å². The average molecular weight is 211 g/mol. The molecular formula is C10H17N3O2. The second kappa shape index (κ2) is 5.53. The summed E-state index contributed by atoms with van der Waals surface area (Å²) in [5, 5.41) is 0. The Morgan fingerprint density at radius 2 is 2.40 bits per heavy atom. The van der Waals surface area contributed by atoms with Gasteiger partial charge in [-0.15, -0.1) is 0 Å². The maximum absolute atomic E-state index is 11.3. The molecule has 5 nitrogen and oxygen atoms in total. The first-order valence-electron chi connectivity index (χ1n) is 4.94. The lowest BCUT2D eigenvalue weighted by molar-refractivity contribution is 0.0923. The number of hydrogen-bond donors (Lipinski definition) is 2. The van der Waals surface area contributed by atoms with Gasteiger partial charge in [0.25, 0.3) is 0 Å². The van der Waals surface area contributed by atoms with Crippen LogP contribution in [0.15, 0.2) is 16.7 Å². The predicted octanol–water partition coefficient (Wildman–Crippen LogP) is 0.725. The van der Waals surface area contributed by atoms with Gasteiger partial charge in [0, 0.05) is 12.1 Å². The fourth-order valence-corrected chi connectivity index (χ4v) is 1.48. The zero-order valence-corrected chi connectivity index (χ0v) is 9.12. The maximum atomic E-state index is 11.3. The Hall–Kier alpha value is -1.33. The van der Waals surface area contributed by atoms with Crippen molar-refractivity contribution in [1.82, 2.24) is 10.3 Å². The Morgan fingerprint density at radius 1 is 1.67 bits per heavy atom. The van der Waals surface area contributed by atoms with E-state index in [-0.39, 0.29) is 5.91 Å². The van der Waals surface area contributed by atoms with Crippen LogP contribution < -0.4 is 11.3 Å². The van der Waals surface area contributed by atoms with E-state index in [4.69, 9.17) is 10.3 Å². The molecule has 1 amide bonds. The molecule has 1 aromatic rings. The summed E-state index contributed by atoms with van der Waals surface area (Å²) in [6.45, 7) is 3.78. The lowest BCUT2D eigenvalue weighted by Crippen LogP contribution is -2.31.